The molecular formula is C29H54O2. The van der Waals surface area contributed by atoms with Gasteiger partial charge in [0.15, 0.2) is 0 Å². The third kappa shape index (κ3) is 4.39. The summed E-state index contributed by atoms with van der Waals surface area (Å²) in [6.07, 6.45) is 13.9. The van der Waals surface area contributed by atoms with Crippen LogP contribution in [0.5, 0.6) is 0 Å². The predicted octanol–water partition coefficient (Wildman–Crippen LogP) is 7.47. The first-order valence-electron chi connectivity index (χ1n) is 13.8. The van der Waals surface area contributed by atoms with Crippen molar-refractivity contribution in [2.24, 2.45) is 51.8 Å². The second-order valence-electron chi connectivity index (χ2n) is 13.3. The quantitative estimate of drug-likeness (QED) is 0.395. The number of rotatable bonds is 9. The fraction of sp³-hybridized carbons (Fsp3) is 1.00. The Hall–Kier alpha value is -0.0800. The molecule has 0 amide bonds. The summed E-state index contributed by atoms with van der Waals surface area (Å²) in [4.78, 5) is 0. The lowest BCUT2D eigenvalue weighted by Crippen LogP contribution is -2.58. The van der Waals surface area contributed by atoms with Gasteiger partial charge in [0.1, 0.15) is 0 Å². The molecule has 0 unspecified atom stereocenters. The van der Waals surface area contributed by atoms with Crippen LogP contribution in [-0.4, -0.2) is 22.9 Å². The molecular weight excluding hydrogens is 380 g/mol. The van der Waals surface area contributed by atoms with Gasteiger partial charge in [-0.2, -0.15) is 0 Å². The molecule has 0 radical (unpaired) electrons. The molecule has 3 aliphatic rings. The molecule has 3 saturated carbocycles. The smallest absolute Gasteiger partial charge is 0.0545 e. The van der Waals surface area contributed by atoms with Gasteiger partial charge in [0, 0.05) is 6.61 Å². The highest BCUT2D eigenvalue weighted by Gasteiger charge is 2.65. The molecule has 3 rings (SSSR count). The van der Waals surface area contributed by atoms with E-state index in [9.17, 15) is 10.2 Å². The van der Waals surface area contributed by atoms with Crippen molar-refractivity contribution < 1.29 is 10.2 Å². The second kappa shape index (κ2) is 9.65. The summed E-state index contributed by atoms with van der Waals surface area (Å²) in [6.45, 7) is 17.4. The zero-order chi connectivity index (χ0) is 23.0. The van der Waals surface area contributed by atoms with Crippen molar-refractivity contribution in [1.82, 2.24) is 0 Å². The molecule has 2 N–H and O–H groups in total. The highest BCUT2D eigenvalue weighted by atomic mass is 16.3. The summed E-state index contributed by atoms with van der Waals surface area (Å²) in [7, 11) is 0. The largest absolute Gasteiger partial charge is 0.396 e. The van der Waals surface area contributed by atoms with Gasteiger partial charge in [-0.15, -0.1) is 0 Å². The van der Waals surface area contributed by atoms with Crippen LogP contribution in [0.25, 0.3) is 0 Å². The first-order chi connectivity index (χ1) is 14.5. The number of fused-ring (bicyclic) bond motifs is 3. The maximum atomic E-state index is 10.7. The van der Waals surface area contributed by atoms with E-state index in [0.29, 0.717) is 22.7 Å². The number of aliphatic hydroxyl groups is 2. The molecule has 0 aliphatic heterocycles. The van der Waals surface area contributed by atoms with Gasteiger partial charge >= 0.3 is 0 Å². The second-order valence-corrected chi connectivity index (χ2v) is 13.3. The summed E-state index contributed by atoms with van der Waals surface area (Å²) in [6, 6.07) is 0. The molecule has 9 atom stereocenters. The first kappa shape index (κ1) is 25.5. The third-order valence-electron chi connectivity index (χ3n) is 11.4. The summed E-state index contributed by atoms with van der Waals surface area (Å²) < 4.78 is 0. The van der Waals surface area contributed by atoms with Crippen molar-refractivity contribution in [3.05, 3.63) is 0 Å². The van der Waals surface area contributed by atoms with E-state index in [-0.39, 0.29) is 18.1 Å². The van der Waals surface area contributed by atoms with Crippen molar-refractivity contribution in [2.75, 3.05) is 6.61 Å². The van der Waals surface area contributed by atoms with Crippen LogP contribution >= 0.6 is 0 Å². The van der Waals surface area contributed by atoms with Crippen LogP contribution in [0, 0.1) is 51.8 Å². The minimum absolute atomic E-state index is 0.172. The monoisotopic (exact) mass is 434 g/mol. The average molecular weight is 435 g/mol. The van der Waals surface area contributed by atoms with Gasteiger partial charge < -0.3 is 10.2 Å². The maximum Gasteiger partial charge on any atom is 0.0545 e. The van der Waals surface area contributed by atoms with E-state index >= 15 is 0 Å². The molecule has 2 nitrogen and oxygen atoms in total. The van der Waals surface area contributed by atoms with E-state index in [1.165, 1.54) is 57.8 Å². The Morgan fingerprint density at radius 1 is 0.774 bits per heavy atom. The van der Waals surface area contributed by atoms with Crippen LogP contribution < -0.4 is 0 Å². The highest BCUT2D eigenvalue weighted by Crippen LogP contribution is 2.73. The Morgan fingerprint density at radius 2 is 1.45 bits per heavy atom. The maximum absolute atomic E-state index is 10.7. The molecule has 0 aromatic heterocycles. The zero-order valence-corrected chi connectivity index (χ0v) is 21.9. The third-order valence-corrected chi connectivity index (χ3v) is 11.4. The van der Waals surface area contributed by atoms with Crippen LogP contribution in [0.4, 0.5) is 0 Å². The lowest BCUT2D eigenvalue weighted by molar-refractivity contribution is -0.165. The van der Waals surface area contributed by atoms with E-state index in [4.69, 9.17) is 0 Å². The molecule has 3 fully saturated rings. The van der Waals surface area contributed by atoms with Gasteiger partial charge in [0.25, 0.3) is 0 Å². The van der Waals surface area contributed by atoms with Crippen LogP contribution in [-0.2, 0) is 0 Å². The normalized spacial score (nSPS) is 44.7. The van der Waals surface area contributed by atoms with E-state index in [1.54, 1.807) is 0 Å². The number of aliphatic hydroxyl groups excluding tert-OH is 2. The minimum atomic E-state index is -0.233. The van der Waals surface area contributed by atoms with Crippen LogP contribution in [0.3, 0.4) is 0 Å². The molecule has 31 heavy (non-hydrogen) atoms. The summed E-state index contributed by atoms with van der Waals surface area (Å²) in [5.74, 6) is 4.44. The summed E-state index contributed by atoms with van der Waals surface area (Å²) >= 11 is 0. The van der Waals surface area contributed by atoms with Crippen molar-refractivity contribution in [2.45, 2.75) is 125 Å². The molecule has 0 saturated heterocycles. The molecule has 0 bridgehead atoms. The first-order valence-corrected chi connectivity index (χ1v) is 13.8. The van der Waals surface area contributed by atoms with Crippen LogP contribution in [0.1, 0.15) is 119 Å². The highest BCUT2D eigenvalue weighted by molar-refractivity contribution is 5.14. The average Bonchev–Trinajstić information content (AvgIpc) is 2.97. The number of hydrogen-bond acceptors (Lipinski definition) is 2. The predicted molar refractivity (Wildman–Crippen MR) is 132 cm³/mol. The van der Waals surface area contributed by atoms with E-state index in [0.717, 1.165) is 36.5 Å². The van der Waals surface area contributed by atoms with Gasteiger partial charge in [-0.25, -0.2) is 0 Å². The Labute approximate surface area is 194 Å². The molecule has 0 aromatic rings. The summed E-state index contributed by atoms with van der Waals surface area (Å²) in [5, 5.41) is 20.3. The number of hydrogen-bond donors (Lipinski definition) is 2. The van der Waals surface area contributed by atoms with Crippen molar-refractivity contribution in [3.8, 4) is 0 Å². The van der Waals surface area contributed by atoms with Gasteiger partial charge in [-0.3, -0.25) is 0 Å². The molecule has 2 heteroatoms. The molecule has 182 valence electrons. The molecule has 0 aromatic carbocycles. The Morgan fingerprint density at radius 3 is 2.06 bits per heavy atom. The molecule has 3 aliphatic carbocycles. The van der Waals surface area contributed by atoms with Crippen molar-refractivity contribution >= 4 is 0 Å². The Bertz CT molecular complexity index is 585. The van der Waals surface area contributed by atoms with E-state index in [2.05, 4.69) is 41.5 Å². The van der Waals surface area contributed by atoms with Crippen molar-refractivity contribution in [3.63, 3.8) is 0 Å². The fourth-order valence-corrected chi connectivity index (χ4v) is 9.52. The van der Waals surface area contributed by atoms with E-state index < -0.39 is 0 Å². The van der Waals surface area contributed by atoms with Crippen LogP contribution in [0.15, 0.2) is 0 Å². The van der Waals surface area contributed by atoms with Gasteiger partial charge in [-0.05, 0) is 110 Å². The SMILES string of the molecule is CC(C)CCC[C@@H](C)[C@@H]1CC[C@@]2(C)[C@H]3CC[C@H]([C@@H](C)O)[C@@](C)(CCCO)[C@@H]3CC[C@]12C. The van der Waals surface area contributed by atoms with Gasteiger partial charge in [-0.1, -0.05) is 60.8 Å². The lowest BCUT2D eigenvalue weighted by atomic mass is 9.41. The Kier molecular flexibility index (Phi) is 7.95. The zero-order valence-electron chi connectivity index (χ0n) is 21.9. The molecule has 0 heterocycles. The van der Waals surface area contributed by atoms with Gasteiger partial charge in [0.2, 0.25) is 0 Å². The topological polar surface area (TPSA) is 40.5 Å². The fourth-order valence-electron chi connectivity index (χ4n) is 9.52. The summed E-state index contributed by atoms with van der Waals surface area (Å²) in [5.41, 5.74) is 1.09. The Balaban J connectivity index is 1.82. The van der Waals surface area contributed by atoms with Gasteiger partial charge in [0.05, 0.1) is 6.10 Å². The van der Waals surface area contributed by atoms with Crippen molar-refractivity contribution in [1.29, 1.82) is 0 Å². The standard InChI is InChI=1S/C29H54O2/c1-20(2)10-8-11-21(3)23-14-17-29(7)26-13-12-24(22(4)31)27(5,16-9-19-30)25(26)15-18-28(23,29)6/h20-26,30-31H,8-19H2,1-7H3/t21-,22-,23+,24-,25-,26+,27-,28-,29+/m1/s1. The van der Waals surface area contributed by atoms with E-state index in [1.807, 2.05) is 6.92 Å². The van der Waals surface area contributed by atoms with Crippen LogP contribution in [0.2, 0.25) is 0 Å². The lowest BCUT2D eigenvalue weighted by Gasteiger charge is -2.64. The minimum Gasteiger partial charge on any atom is -0.396 e. The molecule has 0 spiro atoms.